The number of anilines is 2. The third-order valence-corrected chi connectivity index (χ3v) is 10.7. The van der Waals surface area contributed by atoms with E-state index >= 15 is 0 Å². The minimum atomic E-state index is 0.384. The molecule has 0 bridgehead atoms. The Morgan fingerprint density at radius 1 is 0.742 bits per heavy atom. The van der Waals surface area contributed by atoms with Gasteiger partial charge in [-0.1, -0.05) is 48.6 Å². The molecule has 6 heteroatoms. The van der Waals surface area contributed by atoms with Gasteiger partial charge in [-0.05, 0) is 24.3 Å². The average molecular weight is 462 g/mol. The van der Waals surface area contributed by atoms with Crippen LogP contribution in [0.4, 0.5) is 11.4 Å². The molecule has 3 aliphatic carbocycles. The van der Waals surface area contributed by atoms with Crippen LogP contribution in [0.3, 0.4) is 0 Å². The lowest BCUT2D eigenvalue weighted by atomic mass is 10.0. The van der Waals surface area contributed by atoms with Gasteiger partial charge in [0.2, 0.25) is 0 Å². The fourth-order valence-corrected chi connectivity index (χ4v) is 8.93. The summed E-state index contributed by atoms with van der Waals surface area (Å²) in [7, 11) is 2.26. The number of likely N-dealkylation sites (N-methyl/N-ethyl adjacent to an activating group) is 1. The van der Waals surface area contributed by atoms with Crippen LogP contribution in [-0.2, 0) is 0 Å². The van der Waals surface area contributed by atoms with Gasteiger partial charge in [-0.2, -0.15) is 0 Å². The Morgan fingerprint density at radius 2 is 1.45 bits per heavy atom. The second-order valence-electron chi connectivity index (χ2n) is 8.66. The summed E-state index contributed by atoms with van der Waals surface area (Å²) in [6.45, 7) is 0. The van der Waals surface area contributed by atoms with Crippen molar-refractivity contribution in [2.75, 3.05) is 17.3 Å². The molecule has 1 saturated heterocycles. The fraction of sp³-hybridized carbons (Fsp3) is 0.280. The largest absolute Gasteiger partial charge is 0.377 e. The second-order valence-corrected chi connectivity index (χ2v) is 12.3. The molecule has 3 nitrogen and oxygen atoms in total. The van der Waals surface area contributed by atoms with E-state index in [1.54, 1.807) is 0 Å². The van der Waals surface area contributed by atoms with Crippen molar-refractivity contribution >= 4 is 46.7 Å². The van der Waals surface area contributed by atoms with Gasteiger partial charge < -0.3 is 15.5 Å². The van der Waals surface area contributed by atoms with Crippen LogP contribution in [0.1, 0.15) is 0 Å². The first-order valence-corrected chi connectivity index (χ1v) is 13.4. The Bertz CT molecular complexity index is 1140. The van der Waals surface area contributed by atoms with E-state index in [1.165, 1.54) is 31.8 Å². The highest BCUT2D eigenvalue weighted by Gasteiger charge is 2.39. The van der Waals surface area contributed by atoms with Crippen molar-refractivity contribution in [1.29, 1.82) is 0 Å². The predicted molar refractivity (Wildman–Crippen MR) is 136 cm³/mol. The van der Waals surface area contributed by atoms with Crippen molar-refractivity contribution in [3.63, 3.8) is 0 Å². The number of benzene rings is 1. The van der Waals surface area contributed by atoms with Gasteiger partial charge in [0.1, 0.15) is 0 Å². The van der Waals surface area contributed by atoms with E-state index in [1.807, 2.05) is 35.3 Å². The molecule has 6 aliphatic rings. The van der Waals surface area contributed by atoms with Gasteiger partial charge in [-0.15, -0.1) is 35.3 Å². The summed E-state index contributed by atoms with van der Waals surface area (Å²) < 4.78 is 0. The molecule has 31 heavy (non-hydrogen) atoms. The number of rotatable bonds is 0. The highest BCUT2D eigenvalue weighted by Crippen LogP contribution is 2.51. The molecule has 6 atom stereocenters. The van der Waals surface area contributed by atoms with Crippen LogP contribution in [0.25, 0.3) is 0 Å². The molecular formula is C25H23N3S3. The molecule has 1 fully saturated rings. The Labute approximate surface area is 195 Å². The van der Waals surface area contributed by atoms with E-state index in [4.69, 9.17) is 0 Å². The predicted octanol–water partition coefficient (Wildman–Crippen LogP) is 5.33. The van der Waals surface area contributed by atoms with E-state index in [0.29, 0.717) is 33.9 Å². The zero-order valence-corrected chi connectivity index (χ0v) is 19.5. The molecule has 156 valence electrons. The summed E-state index contributed by atoms with van der Waals surface area (Å²) in [6, 6.07) is 5.95. The molecule has 0 amide bonds. The van der Waals surface area contributed by atoms with E-state index in [9.17, 15) is 0 Å². The Balaban J connectivity index is 1.23. The molecule has 3 aliphatic heterocycles. The monoisotopic (exact) mass is 461 g/mol. The highest BCUT2D eigenvalue weighted by atomic mass is 32.2. The van der Waals surface area contributed by atoms with E-state index in [-0.39, 0.29) is 0 Å². The standard InChI is InChI=1S/C25H23N3S3/c1-28-18-12-22-16(26-14-6-2-4-8-20(14)29-22)10-24(18)31-25-11-17-23(13-19(25)28)30-21-9-5-3-7-15(21)27-17/h2-15,18,20-21,24,26-27H,1H3. The molecule has 6 unspecified atom stereocenters. The van der Waals surface area contributed by atoms with Crippen LogP contribution in [-0.4, -0.2) is 40.9 Å². The van der Waals surface area contributed by atoms with Gasteiger partial charge in [-0.3, -0.25) is 0 Å². The Morgan fingerprint density at radius 3 is 2.29 bits per heavy atom. The molecule has 0 saturated carbocycles. The molecule has 1 aromatic rings. The lowest BCUT2D eigenvalue weighted by Crippen LogP contribution is -2.47. The maximum atomic E-state index is 3.78. The zero-order chi connectivity index (χ0) is 20.5. The molecule has 1 aromatic carbocycles. The maximum absolute atomic E-state index is 3.78. The van der Waals surface area contributed by atoms with Crippen molar-refractivity contribution in [2.45, 2.75) is 43.7 Å². The van der Waals surface area contributed by atoms with Gasteiger partial charge in [0.05, 0.1) is 39.6 Å². The number of allylic oxidation sites excluding steroid dienone is 4. The summed E-state index contributed by atoms with van der Waals surface area (Å²) in [5, 5.41) is 8.93. The Hall–Kier alpha value is -1.89. The zero-order valence-electron chi connectivity index (χ0n) is 17.1. The first-order chi connectivity index (χ1) is 15.2. The van der Waals surface area contributed by atoms with Gasteiger partial charge in [0, 0.05) is 33.1 Å². The number of nitrogens with one attached hydrogen (secondary N) is 2. The first kappa shape index (κ1) is 18.7. The summed E-state index contributed by atoms with van der Waals surface area (Å²) in [5.74, 6) is 0. The lowest BCUT2D eigenvalue weighted by Gasteiger charge is -2.44. The second kappa shape index (κ2) is 7.06. The van der Waals surface area contributed by atoms with Crippen LogP contribution in [0, 0.1) is 0 Å². The van der Waals surface area contributed by atoms with E-state index < -0.39 is 0 Å². The molecule has 7 rings (SSSR count). The molecular weight excluding hydrogens is 438 g/mol. The van der Waals surface area contributed by atoms with Gasteiger partial charge in [-0.25, -0.2) is 0 Å². The number of fused-ring (bicyclic) bond motifs is 6. The summed E-state index contributed by atoms with van der Waals surface area (Å²) in [6.07, 6.45) is 22.8. The molecule has 0 radical (unpaired) electrons. The number of thioether (sulfide) groups is 3. The summed E-state index contributed by atoms with van der Waals surface area (Å²) >= 11 is 5.99. The van der Waals surface area contributed by atoms with Crippen LogP contribution in [0.5, 0.6) is 0 Å². The number of hydrogen-bond donors (Lipinski definition) is 2. The molecule has 0 spiro atoms. The van der Waals surface area contributed by atoms with Gasteiger partial charge >= 0.3 is 0 Å². The topological polar surface area (TPSA) is 27.3 Å². The quantitative estimate of drug-likeness (QED) is 0.543. The SMILES string of the molecule is CN1c2cc3c(cc2SC2C=C4NC5C=CC=CC5SC4=CC21)NC1C=CC=CC1S3. The van der Waals surface area contributed by atoms with Crippen molar-refractivity contribution in [2.24, 2.45) is 0 Å². The van der Waals surface area contributed by atoms with E-state index in [2.05, 4.69) is 95.5 Å². The number of nitrogens with zero attached hydrogens (tertiary/aromatic N) is 1. The minimum Gasteiger partial charge on any atom is -0.377 e. The van der Waals surface area contributed by atoms with Crippen LogP contribution < -0.4 is 15.5 Å². The normalized spacial score (nSPS) is 35.8. The van der Waals surface area contributed by atoms with Crippen LogP contribution in [0.15, 0.2) is 93.3 Å². The summed E-state index contributed by atoms with van der Waals surface area (Å²) in [4.78, 5) is 6.62. The van der Waals surface area contributed by atoms with Crippen molar-refractivity contribution in [3.05, 3.63) is 83.5 Å². The fourth-order valence-electron chi connectivity index (χ4n) is 5.09. The molecule has 2 N–H and O–H groups in total. The van der Waals surface area contributed by atoms with Crippen molar-refractivity contribution < 1.29 is 0 Å². The van der Waals surface area contributed by atoms with Crippen molar-refractivity contribution in [3.8, 4) is 0 Å². The number of hydrogen-bond acceptors (Lipinski definition) is 6. The van der Waals surface area contributed by atoms with Gasteiger partial charge in [0.25, 0.3) is 0 Å². The van der Waals surface area contributed by atoms with Crippen molar-refractivity contribution in [1.82, 2.24) is 5.32 Å². The summed E-state index contributed by atoms with van der Waals surface area (Å²) in [5.41, 5.74) is 3.94. The van der Waals surface area contributed by atoms with Crippen LogP contribution >= 0.6 is 35.3 Å². The van der Waals surface area contributed by atoms with Crippen LogP contribution in [0.2, 0.25) is 0 Å². The smallest absolute Gasteiger partial charge is 0.0643 e. The molecule has 0 aromatic heterocycles. The van der Waals surface area contributed by atoms with E-state index in [0.717, 1.165) is 0 Å². The van der Waals surface area contributed by atoms with Gasteiger partial charge in [0.15, 0.2) is 0 Å². The third kappa shape index (κ3) is 2.99. The Kier molecular flexibility index (Phi) is 4.25. The lowest BCUT2D eigenvalue weighted by molar-refractivity contribution is 0.659. The third-order valence-electron chi connectivity index (χ3n) is 6.75. The first-order valence-electron chi connectivity index (χ1n) is 10.8. The maximum Gasteiger partial charge on any atom is 0.0643 e. The average Bonchev–Trinajstić information content (AvgIpc) is 2.79. The molecule has 3 heterocycles. The highest BCUT2D eigenvalue weighted by molar-refractivity contribution is 8.04. The minimum absolute atomic E-state index is 0.384.